The molecular weight excluding hydrogens is 252 g/mol. The highest BCUT2D eigenvalue weighted by atomic mass is 16.2. The van der Waals surface area contributed by atoms with E-state index in [1.165, 1.54) is 38.8 Å². The molecule has 0 saturated carbocycles. The number of hydrogen-bond acceptors (Lipinski definition) is 4. The Morgan fingerprint density at radius 1 is 1.25 bits per heavy atom. The SMILES string of the molecule is CN(CCCN)C(=O)CN1CCC(N2CCCCC2)C1. The molecule has 2 N–H and O–H groups in total. The van der Waals surface area contributed by atoms with Gasteiger partial charge in [0.1, 0.15) is 0 Å². The van der Waals surface area contributed by atoms with Gasteiger partial charge in [-0.2, -0.15) is 0 Å². The van der Waals surface area contributed by atoms with Crippen molar-refractivity contribution in [2.24, 2.45) is 5.73 Å². The summed E-state index contributed by atoms with van der Waals surface area (Å²) < 4.78 is 0. The van der Waals surface area contributed by atoms with E-state index in [9.17, 15) is 4.79 Å². The van der Waals surface area contributed by atoms with Gasteiger partial charge in [0.2, 0.25) is 5.91 Å². The first kappa shape index (κ1) is 15.7. The summed E-state index contributed by atoms with van der Waals surface area (Å²) in [6, 6.07) is 0.678. The first-order valence-electron chi connectivity index (χ1n) is 8.11. The van der Waals surface area contributed by atoms with Crippen molar-refractivity contribution >= 4 is 5.91 Å². The molecular formula is C15H30N4O. The Balaban J connectivity index is 1.71. The standard InChI is InChI=1S/C15H30N4O/c1-17(8-5-7-16)15(20)13-18-11-6-14(12-18)19-9-3-2-4-10-19/h14H,2-13,16H2,1H3. The highest BCUT2D eigenvalue weighted by Gasteiger charge is 2.29. The molecule has 2 aliphatic rings. The lowest BCUT2D eigenvalue weighted by Crippen LogP contribution is -2.42. The third kappa shape index (κ3) is 4.43. The fraction of sp³-hybridized carbons (Fsp3) is 0.933. The molecule has 5 nitrogen and oxygen atoms in total. The molecule has 0 radical (unpaired) electrons. The Kier molecular flexibility index (Phi) is 6.26. The van der Waals surface area contributed by atoms with E-state index in [0.717, 1.165) is 26.1 Å². The summed E-state index contributed by atoms with van der Waals surface area (Å²) in [6.07, 6.45) is 6.18. The molecule has 20 heavy (non-hydrogen) atoms. The van der Waals surface area contributed by atoms with Gasteiger partial charge in [-0.25, -0.2) is 0 Å². The third-order valence-electron chi connectivity index (χ3n) is 4.64. The maximum Gasteiger partial charge on any atom is 0.236 e. The van der Waals surface area contributed by atoms with Crippen LogP contribution in [0.2, 0.25) is 0 Å². The van der Waals surface area contributed by atoms with Gasteiger partial charge in [-0.3, -0.25) is 14.6 Å². The van der Waals surface area contributed by atoms with Crippen molar-refractivity contribution in [2.45, 2.75) is 38.1 Å². The van der Waals surface area contributed by atoms with E-state index < -0.39 is 0 Å². The smallest absolute Gasteiger partial charge is 0.236 e. The molecule has 2 fully saturated rings. The third-order valence-corrected chi connectivity index (χ3v) is 4.64. The second-order valence-corrected chi connectivity index (χ2v) is 6.23. The quantitative estimate of drug-likeness (QED) is 0.764. The molecule has 2 aliphatic heterocycles. The number of nitrogens with two attached hydrogens (primary N) is 1. The molecule has 1 atom stereocenters. The molecule has 2 saturated heterocycles. The van der Waals surface area contributed by atoms with Gasteiger partial charge in [-0.05, 0) is 45.3 Å². The van der Waals surface area contributed by atoms with Crippen molar-refractivity contribution in [1.29, 1.82) is 0 Å². The molecule has 1 amide bonds. The van der Waals surface area contributed by atoms with Gasteiger partial charge >= 0.3 is 0 Å². The Hall–Kier alpha value is -0.650. The van der Waals surface area contributed by atoms with Crippen LogP contribution in [0.4, 0.5) is 0 Å². The Labute approximate surface area is 123 Å². The zero-order chi connectivity index (χ0) is 14.4. The van der Waals surface area contributed by atoms with E-state index in [2.05, 4.69) is 9.80 Å². The number of rotatable bonds is 6. The van der Waals surface area contributed by atoms with Crippen molar-refractivity contribution in [3.63, 3.8) is 0 Å². The van der Waals surface area contributed by atoms with E-state index in [1.54, 1.807) is 0 Å². The lowest BCUT2D eigenvalue weighted by Gasteiger charge is -2.32. The molecule has 0 aliphatic carbocycles. The van der Waals surface area contributed by atoms with Crippen molar-refractivity contribution in [1.82, 2.24) is 14.7 Å². The molecule has 5 heteroatoms. The number of hydrogen-bond donors (Lipinski definition) is 1. The predicted molar refractivity (Wildman–Crippen MR) is 81.6 cm³/mol. The largest absolute Gasteiger partial charge is 0.345 e. The zero-order valence-electron chi connectivity index (χ0n) is 12.9. The summed E-state index contributed by atoms with van der Waals surface area (Å²) >= 11 is 0. The van der Waals surface area contributed by atoms with Crippen LogP contribution < -0.4 is 5.73 Å². The van der Waals surface area contributed by atoms with E-state index in [1.807, 2.05) is 11.9 Å². The predicted octanol–water partition coefficient (Wildman–Crippen LogP) is 0.354. The maximum atomic E-state index is 12.1. The Morgan fingerprint density at radius 2 is 2.00 bits per heavy atom. The maximum absolute atomic E-state index is 12.1. The zero-order valence-corrected chi connectivity index (χ0v) is 12.9. The number of carbonyl (C=O) groups is 1. The fourth-order valence-corrected chi connectivity index (χ4v) is 3.30. The van der Waals surface area contributed by atoms with Crippen molar-refractivity contribution in [3.05, 3.63) is 0 Å². The van der Waals surface area contributed by atoms with Gasteiger partial charge in [0.15, 0.2) is 0 Å². The van der Waals surface area contributed by atoms with Crippen LogP contribution in [0.3, 0.4) is 0 Å². The van der Waals surface area contributed by atoms with Crippen LogP contribution >= 0.6 is 0 Å². The van der Waals surface area contributed by atoms with Gasteiger partial charge in [0.05, 0.1) is 6.54 Å². The molecule has 0 aromatic heterocycles. The van der Waals surface area contributed by atoms with E-state index >= 15 is 0 Å². The van der Waals surface area contributed by atoms with Crippen LogP contribution in [-0.2, 0) is 4.79 Å². The van der Waals surface area contributed by atoms with E-state index in [-0.39, 0.29) is 5.91 Å². The highest BCUT2D eigenvalue weighted by molar-refractivity contribution is 5.78. The van der Waals surface area contributed by atoms with Crippen molar-refractivity contribution < 1.29 is 4.79 Å². The van der Waals surface area contributed by atoms with Crippen molar-refractivity contribution in [2.75, 3.05) is 52.9 Å². The topological polar surface area (TPSA) is 52.8 Å². The molecule has 0 aromatic carbocycles. The minimum Gasteiger partial charge on any atom is -0.345 e. The summed E-state index contributed by atoms with van der Waals surface area (Å²) in [4.78, 5) is 18.9. The number of likely N-dealkylation sites (N-methyl/N-ethyl adjacent to an activating group) is 1. The number of carbonyl (C=O) groups excluding carboxylic acids is 1. The van der Waals surface area contributed by atoms with Crippen LogP contribution in [0.1, 0.15) is 32.1 Å². The fourth-order valence-electron chi connectivity index (χ4n) is 3.30. The monoisotopic (exact) mass is 282 g/mol. The van der Waals surface area contributed by atoms with Crippen LogP contribution in [0.15, 0.2) is 0 Å². The van der Waals surface area contributed by atoms with Crippen LogP contribution in [0.25, 0.3) is 0 Å². The lowest BCUT2D eigenvalue weighted by molar-refractivity contribution is -0.130. The van der Waals surface area contributed by atoms with E-state index in [0.29, 0.717) is 19.1 Å². The Bertz CT molecular complexity index is 304. The number of nitrogens with zero attached hydrogens (tertiary/aromatic N) is 3. The van der Waals surface area contributed by atoms with Gasteiger partial charge in [-0.1, -0.05) is 6.42 Å². The normalized spacial score (nSPS) is 25.0. The van der Waals surface area contributed by atoms with Gasteiger partial charge in [0.25, 0.3) is 0 Å². The number of piperidine rings is 1. The van der Waals surface area contributed by atoms with Gasteiger partial charge in [0, 0.05) is 32.7 Å². The minimum absolute atomic E-state index is 0.234. The second-order valence-electron chi connectivity index (χ2n) is 6.23. The molecule has 0 aromatic rings. The van der Waals surface area contributed by atoms with Crippen LogP contribution in [0.5, 0.6) is 0 Å². The average Bonchev–Trinajstić information content (AvgIpc) is 2.94. The summed E-state index contributed by atoms with van der Waals surface area (Å²) in [7, 11) is 1.89. The van der Waals surface area contributed by atoms with Crippen molar-refractivity contribution in [3.8, 4) is 0 Å². The molecule has 2 rings (SSSR count). The van der Waals surface area contributed by atoms with E-state index in [4.69, 9.17) is 5.73 Å². The average molecular weight is 282 g/mol. The molecule has 0 spiro atoms. The molecule has 2 heterocycles. The summed E-state index contributed by atoms with van der Waals surface area (Å²) in [5, 5.41) is 0. The summed E-state index contributed by atoms with van der Waals surface area (Å²) in [5.41, 5.74) is 5.49. The molecule has 116 valence electrons. The first-order chi connectivity index (χ1) is 9.70. The van der Waals surface area contributed by atoms with Gasteiger partial charge < -0.3 is 10.6 Å². The van der Waals surface area contributed by atoms with Gasteiger partial charge in [-0.15, -0.1) is 0 Å². The molecule has 1 unspecified atom stereocenters. The Morgan fingerprint density at radius 3 is 2.70 bits per heavy atom. The van der Waals surface area contributed by atoms with Crippen LogP contribution in [-0.4, -0.2) is 79.5 Å². The number of likely N-dealkylation sites (tertiary alicyclic amines) is 2. The van der Waals surface area contributed by atoms with Crippen LogP contribution in [0, 0.1) is 0 Å². The lowest BCUT2D eigenvalue weighted by atomic mass is 10.1. The number of amides is 1. The summed E-state index contributed by atoms with van der Waals surface area (Å²) in [5.74, 6) is 0.234. The summed E-state index contributed by atoms with van der Waals surface area (Å²) in [6.45, 7) is 6.64. The first-order valence-corrected chi connectivity index (χ1v) is 8.11. The highest BCUT2D eigenvalue weighted by Crippen LogP contribution is 2.20. The minimum atomic E-state index is 0.234. The second kappa shape index (κ2) is 7.96. The molecule has 0 bridgehead atoms.